The number of alkyl halides is 3. The highest BCUT2D eigenvalue weighted by Crippen LogP contribution is 2.35. The molecule has 0 fully saturated rings. The number of halogens is 3. The van der Waals surface area contributed by atoms with Crippen LogP contribution in [0, 0.1) is 6.92 Å². The summed E-state index contributed by atoms with van der Waals surface area (Å²) < 4.78 is 50.4. The van der Waals surface area contributed by atoms with Gasteiger partial charge in [0.15, 0.2) is 23.0 Å². The molecule has 1 aromatic carbocycles. The van der Waals surface area contributed by atoms with Gasteiger partial charge in [-0.2, -0.15) is 13.2 Å². The predicted octanol–water partition coefficient (Wildman–Crippen LogP) is 4.02. The van der Waals surface area contributed by atoms with E-state index < -0.39 is 11.9 Å². The normalized spacial score (nSPS) is 11.2. The number of rotatable bonds is 5. The van der Waals surface area contributed by atoms with Gasteiger partial charge in [0.2, 0.25) is 0 Å². The zero-order chi connectivity index (χ0) is 20.3. The van der Waals surface area contributed by atoms with Crippen LogP contribution < -0.4 is 14.8 Å². The monoisotopic (exact) mass is 391 g/mol. The number of anilines is 2. The third-order valence-electron chi connectivity index (χ3n) is 3.80. The number of aryl methyl sites for hydroxylation is 1. The lowest BCUT2D eigenvalue weighted by molar-refractivity contribution is -0.141. The molecule has 0 aliphatic rings. The van der Waals surface area contributed by atoms with E-state index >= 15 is 0 Å². The summed E-state index contributed by atoms with van der Waals surface area (Å²) in [6.45, 7) is 1.78. The summed E-state index contributed by atoms with van der Waals surface area (Å²) in [4.78, 5) is 15.5. The Kier molecular flexibility index (Phi) is 5.30. The molecular weight excluding hydrogens is 375 g/mol. The van der Waals surface area contributed by atoms with Gasteiger partial charge in [0.25, 0.3) is 0 Å². The lowest BCUT2D eigenvalue weighted by Crippen LogP contribution is -2.11. The molecule has 146 valence electrons. The van der Waals surface area contributed by atoms with E-state index in [1.807, 2.05) is 0 Å². The zero-order valence-electron chi connectivity index (χ0n) is 15.2. The smallest absolute Gasteiger partial charge is 0.433 e. The standard InChI is InChI=1S/C18H16F3N5O2/c1-10-6-13(27-2)14(28-3)7-11(10)24-16-8-15(18(19,20)21)25-17(26-16)12-9-22-4-5-23-12/h4-9H,1-3H3,(H,24,25,26). The molecule has 1 N–H and O–H groups in total. The highest BCUT2D eigenvalue weighted by atomic mass is 19.4. The van der Waals surface area contributed by atoms with Gasteiger partial charge in [-0.1, -0.05) is 0 Å². The minimum absolute atomic E-state index is 0.0432. The van der Waals surface area contributed by atoms with Crippen molar-refractivity contribution in [2.75, 3.05) is 19.5 Å². The summed E-state index contributed by atoms with van der Waals surface area (Å²) >= 11 is 0. The SMILES string of the molecule is COc1cc(C)c(Nc2cc(C(F)(F)F)nc(-c3cnccn3)n2)cc1OC. The molecule has 0 saturated heterocycles. The molecule has 2 aromatic heterocycles. The molecule has 0 unspecified atom stereocenters. The Labute approximate surface area is 158 Å². The molecule has 3 aromatic rings. The number of nitrogens with zero attached hydrogens (tertiary/aromatic N) is 4. The molecule has 7 nitrogen and oxygen atoms in total. The van der Waals surface area contributed by atoms with Gasteiger partial charge in [0, 0.05) is 30.2 Å². The predicted molar refractivity (Wildman–Crippen MR) is 95.6 cm³/mol. The summed E-state index contributed by atoms with van der Waals surface area (Å²) in [6.07, 6.45) is -0.599. The fraction of sp³-hybridized carbons (Fsp3) is 0.222. The molecule has 3 rings (SSSR count). The number of nitrogens with one attached hydrogen (secondary N) is 1. The molecule has 10 heteroatoms. The topological polar surface area (TPSA) is 82.0 Å². The van der Waals surface area contributed by atoms with Crippen molar-refractivity contribution in [1.29, 1.82) is 0 Å². The van der Waals surface area contributed by atoms with Crippen LogP contribution in [0.5, 0.6) is 11.5 Å². The average Bonchev–Trinajstić information content (AvgIpc) is 2.69. The molecule has 0 bridgehead atoms. The van der Waals surface area contributed by atoms with Gasteiger partial charge in [-0.15, -0.1) is 0 Å². The van der Waals surface area contributed by atoms with E-state index in [4.69, 9.17) is 9.47 Å². The Morgan fingerprint density at radius 2 is 1.68 bits per heavy atom. The molecule has 0 aliphatic heterocycles. The fourth-order valence-electron chi connectivity index (χ4n) is 2.44. The molecule has 28 heavy (non-hydrogen) atoms. The number of hydrogen-bond acceptors (Lipinski definition) is 7. The van der Waals surface area contributed by atoms with Crippen molar-refractivity contribution in [1.82, 2.24) is 19.9 Å². The second kappa shape index (κ2) is 7.67. The summed E-state index contributed by atoms with van der Waals surface area (Å²) in [5.74, 6) is 0.696. The van der Waals surface area contributed by atoms with E-state index in [0.29, 0.717) is 17.2 Å². The van der Waals surface area contributed by atoms with Crippen molar-refractivity contribution >= 4 is 11.5 Å². The van der Waals surface area contributed by atoms with Crippen molar-refractivity contribution in [3.05, 3.63) is 48.0 Å². The zero-order valence-corrected chi connectivity index (χ0v) is 15.2. The molecular formula is C18H16F3N5O2. The first-order valence-electron chi connectivity index (χ1n) is 8.04. The van der Waals surface area contributed by atoms with Crippen LogP contribution in [0.1, 0.15) is 11.3 Å². The van der Waals surface area contributed by atoms with E-state index in [2.05, 4.69) is 25.3 Å². The Morgan fingerprint density at radius 1 is 0.964 bits per heavy atom. The first-order valence-corrected chi connectivity index (χ1v) is 8.04. The van der Waals surface area contributed by atoms with Gasteiger partial charge < -0.3 is 14.8 Å². The third-order valence-corrected chi connectivity index (χ3v) is 3.80. The van der Waals surface area contributed by atoms with E-state index in [1.165, 1.54) is 32.8 Å². The third kappa shape index (κ3) is 4.11. The maximum Gasteiger partial charge on any atom is 0.433 e. The number of methoxy groups -OCH3 is 2. The molecule has 0 spiro atoms. The summed E-state index contributed by atoms with van der Waals surface area (Å²) in [6, 6.07) is 4.15. The van der Waals surface area contributed by atoms with Crippen LogP contribution >= 0.6 is 0 Å². The molecule has 2 heterocycles. The highest BCUT2D eigenvalue weighted by molar-refractivity contribution is 5.67. The van der Waals surface area contributed by atoms with E-state index in [1.54, 1.807) is 19.1 Å². The van der Waals surface area contributed by atoms with Gasteiger partial charge in [-0.05, 0) is 18.6 Å². The minimum Gasteiger partial charge on any atom is -0.493 e. The maximum atomic E-state index is 13.3. The summed E-state index contributed by atoms with van der Waals surface area (Å²) in [5.41, 5.74) is 0.268. The van der Waals surface area contributed by atoms with E-state index in [-0.39, 0.29) is 17.3 Å². The van der Waals surface area contributed by atoms with Crippen LogP contribution in [0.4, 0.5) is 24.7 Å². The largest absolute Gasteiger partial charge is 0.493 e. The summed E-state index contributed by atoms with van der Waals surface area (Å²) in [5, 5.41) is 2.89. The Morgan fingerprint density at radius 3 is 2.29 bits per heavy atom. The molecule has 0 radical (unpaired) electrons. The van der Waals surface area contributed by atoms with Crippen molar-refractivity contribution in [3.63, 3.8) is 0 Å². The highest BCUT2D eigenvalue weighted by Gasteiger charge is 2.34. The van der Waals surface area contributed by atoms with Crippen LogP contribution in [-0.2, 0) is 6.18 Å². The Balaban J connectivity index is 2.07. The van der Waals surface area contributed by atoms with Crippen LogP contribution in [0.2, 0.25) is 0 Å². The van der Waals surface area contributed by atoms with E-state index in [9.17, 15) is 13.2 Å². The van der Waals surface area contributed by atoms with Crippen molar-refractivity contribution < 1.29 is 22.6 Å². The van der Waals surface area contributed by atoms with Gasteiger partial charge in [-0.25, -0.2) is 15.0 Å². The van der Waals surface area contributed by atoms with Gasteiger partial charge >= 0.3 is 6.18 Å². The number of aromatic nitrogens is 4. The minimum atomic E-state index is -4.65. The molecule has 0 atom stereocenters. The number of ether oxygens (including phenoxy) is 2. The quantitative estimate of drug-likeness (QED) is 0.703. The van der Waals surface area contributed by atoms with Gasteiger partial charge in [-0.3, -0.25) is 4.98 Å². The Bertz CT molecular complexity index is 981. The molecule has 0 saturated carbocycles. The molecule has 0 amide bonds. The van der Waals surface area contributed by atoms with Crippen LogP contribution in [0.15, 0.2) is 36.8 Å². The summed E-state index contributed by atoms with van der Waals surface area (Å²) in [7, 11) is 2.97. The maximum absolute atomic E-state index is 13.3. The second-order valence-corrected chi connectivity index (χ2v) is 5.70. The first-order chi connectivity index (χ1) is 13.3. The lowest BCUT2D eigenvalue weighted by atomic mass is 10.1. The van der Waals surface area contributed by atoms with Crippen LogP contribution in [0.3, 0.4) is 0 Å². The van der Waals surface area contributed by atoms with Gasteiger partial charge in [0.05, 0.1) is 20.4 Å². The van der Waals surface area contributed by atoms with Crippen molar-refractivity contribution in [3.8, 4) is 23.0 Å². The first kappa shape index (κ1) is 19.3. The van der Waals surface area contributed by atoms with Gasteiger partial charge in [0.1, 0.15) is 11.5 Å². The number of hydrogen-bond donors (Lipinski definition) is 1. The van der Waals surface area contributed by atoms with E-state index in [0.717, 1.165) is 11.6 Å². The van der Waals surface area contributed by atoms with Crippen molar-refractivity contribution in [2.45, 2.75) is 13.1 Å². The number of benzene rings is 1. The fourth-order valence-corrected chi connectivity index (χ4v) is 2.44. The van der Waals surface area contributed by atoms with Crippen molar-refractivity contribution in [2.24, 2.45) is 0 Å². The lowest BCUT2D eigenvalue weighted by Gasteiger charge is -2.15. The van der Waals surface area contributed by atoms with Crippen LogP contribution in [0.25, 0.3) is 11.5 Å². The second-order valence-electron chi connectivity index (χ2n) is 5.70. The molecule has 0 aliphatic carbocycles. The average molecular weight is 391 g/mol. The van der Waals surface area contributed by atoms with Crippen LogP contribution in [-0.4, -0.2) is 34.2 Å². The Hall–Kier alpha value is -3.43.